The van der Waals surface area contributed by atoms with Crippen LogP contribution in [0.5, 0.6) is 0 Å². The van der Waals surface area contributed by atoms with Gasteiger partial charge in [0.05, 0.1) is 0 Å². The minimum Gasteiger partial charge on any atom is -0.477 e. The number of carbonyl (C=O) groups is 2. The molecule has 1 fully saturated rings. The lowest BCUT2D eigenvalue weighted by molar-refractivity contribution is -0.186. The molecule has 2 rings (SSSR count). The molecule has 0 aromatic heterocycles. The number of carboxylic acids is 1. The molecule has 0 saturated heterocycles. The van der Waals surface area contributed by atoms with Crippen molar-refractivity contribution in [1.29, 1.82) is 0 Å². The summed E-state index contributed by atoms with van der Waals surface area (Å²) in [6, 6.07) is 8.74. The van der Waals surface area contributed by atoms with Crippen LogP contribution in [-0.4, -0.2) is 28.6 Å². The van der Waals surface area contributed by atoms with Crippen molar-refractivity contribution in [2.24, 2.45) is 0 Å². The number of hydrogen-bond acceptors (Lipinski definition) is 3. The Labute approximate surface area is 119 Å². The Kier molecular flexibility index (Phi) is 4.11. The molecule has 7 heteroatoms. The number of alkyl halides is 2. The summed E-state index contributed by atoms with van der Waals surface area (Å²) in [5, 5.41) is 10.7. The molecule has 0 unspecified atom stereocenters. The van der Waals surface area contributed by atoms with Gasteiger partial charge in [0.25, 0.3) is 0 Å². The van der Waals surface area contributed by atoms with Gasteiger partial charge >= 0.3 is 18.0 Å². The topological polar surface area (TPSA) is 75.6 Å². The second-order valence-corrected chi connectivity index (χ2v) is 5.00. The van der Waals surface area contributed by atoms with E-state index >= 15 is 0 Å². The van der Waals surface area contributed by atoms with Crippen molar-refractivity contribution in [2.45, 2.75) is 37.3 Å². The van der Waals surface area contributed by atoms with Crippen LogP contribution < -0.4 is 5.32 Å². The Bertz CT molecular complexity index is 529. The molecule has 0 heterocycles. The van der Waals surface area contributed by atoms with Crippen LogP contribution in [0.15, 0.2) is 30.3 Å². The summed E-state index contributed by atoms with van der Waals surface area (Å²) in [6.45, 7) is -0.0681. The highest BCUT2D eigenvalue weighted by molar-refractivity contribution is 5.80. The summed E-state index contributed by atoms with van der Waals surface area (Å²) in [7, 11) is 0. The van der Waals surface area contributed by atoms with Crippen LogP contribution in [-0.2, 0) is 16.1 Å². The predicted octanol–water partition coefficient (Wildman–Crippen LogP) is 2.56. The number of alkyl carbamates (subject to hydrolysis) is 1. The maximum absolute atomic E-state index is 13.7. The number of nitrogens with one attached hydrogen (secondary N) is 1. The lowest BCUT2D eigenvalue weighted by Gasteiger charge is -2.44. The molecule has 0 atom stereocenters. The number of aliphatic carboxylic acids is 1. The largest absolute Gasteiger partial charge is 0.477 e. The van der Waals surface area contributed by atoms with E-state index in [0.29, 0.717) is 12.0 Å². The van der Waals surface area contributed by atoms with Crippen LogP contribution in [0, 0.1) is 0 Å². The molecule has 1 aromatic carbocycles. The average molecular weight is 299 g/mol. The van der Waals surface area contributed by atoms with Gasteiger partial charge in [-0.1, -0.05) is 30.3 Å². The third-order valence-electron chi connectivity index (χ3n) is 3.63. The number of hydrogen-bond donors (Lipinski definition) is 2. The molecule has 1 amide bonds. The zero-order chi connectivity index (χ0) is 15.5. The van der Waals surface area contributed by atoms with E-state index in [1.165, 1.54) is 0 Å². The molecule has 1 aromatic rings. The van der Waals surface area contributed by atoms with Crippen molar-refractivity contribution in [2.75, 3.05) is 0 Å². The normalized spacial score (nSPS) is 16.7. The molecule has 2 N–H and O–H groups in total. The summed E-state index contributed by atoms with van der Waals surface area (Å²) < 4.78 is 32.3. The Hall–Kier alpha value is -2.18. The van der Waals surface area contributed by atoms with Gasteiger partial charge in [-0.05, 0) is 24.8 Å². The molecule has 1 aliphatic carbocycles. The van der Waals surface area contributed by atoms with E-state index in [1.807, 2.05) is 5.32 Å². The molecule has 21 heavy (non-hydrogen) atoms. The van der Waals surface area contributed by atoms with Crippen LogP contribution in [0.3, 0.4) is 0 Å². The van der Waals surface area contributed by atoms with Crippen LogP contribution in [0.25, 0.3) is 0 Å². The maximum atomic E-state index is 13.7. The lowest BCUT2D eigenvalue weighted by atomic mass is 9.72. The molecular weight excluding hydrogens is 284 g/mol. The summed E-state index contributed by atoms with van der Waals surface area (Å²) in [5.74, 6) is -6.26. The fourth-order valence-corrected chi connectivity index (χ4v) is 2.21. The highest BCUT2D eigenvalue weighted by Gasteiger charge is 2.63. The molecule has 1 saturated carbocycles. The molecule has 114 valence electrons. The van der Waals surface area contributed by atoms with Gasteiger partial charge in [-0.2, -0.15) is 8.78 Å². The van der Waals surface area contributed by atoms with Gasteiger partial charge in [-0.25, -0.2) is 9.59 Å². The molecular formula is C14H15F2NO4. The summed E-state index contributed by atoms with van der Waals surface area (Å²) in [6.07, 6.45) is -0.791. The van der Waals surface area contributed by atoms with E-state index in [2.05, 4.69) is 0 Å². The fraction of sp³-hybridized carbons (Fsp3) is 0.429. The molecule has 1 aliphatic rings. The first-order valence-corrected chi connectivity index (χ1v) is 6.47. The Morgan fingerprint density at radius 2 is 1.90 bits per heavy atom. The van der Waals surface area contributed by atoms with Crippen LogP contribution in [0.1, 0.15) is 24.8 Å². The van der Waals surface area contributed by atoms with Gasteiger partial charge in [-0.3, -0.25) is 0 Å². The number of carbonyl (C=O) groups excluding carboxylic acids is 1. The second kappa shape index (κ2) is 5.67. The predicted molar refractivity (Wildman–Crippen MR) is 68.9 cm³/mol. The van der Waals surface area contributed by atoms with E-state index in [1.54, 1.807) is 30.3 Å². The first-order chi connectivity index (χ1) is 9.87. The summed E-state index contributed by atoms with van der Waals surface area (Å²) in [5.41, 5.74) is -1.34. The third-order valence-corrected chi connectivity index (χ3v) is 3.63. The maximum Gasteiger partial charge on any atom is 0.408 e. The van der Waals surface area contributed by atoms with E-state index < -0.39 is 23.5 Å². The van der Waals surface area contributed by atoms with Gasteiger partial charge in [0, 0.05) is 0 Å². The van der Waals surface area contributed by atoms with E-state index in [9.17, 15) is 18.4 Å². The molecule has 5 nitrogen and oxygen atoms in total. The number of ether oxygens (including phenoxy) is 1. The van der Waals surface area contributed by atoms with E-state index in [4.69, 9.17) is 9.84 Å². The van der Waals surface area contributed by atoms with E-state index in [-0.39, 0.29) is 19.4 Å². The van der Waals surface area contributed by atoms with Crippen molar-refractivity contribution in [3.8, 4) is 0 Å². The highest BCUT2D eigenvalue weighted by Crippen LogP contribution is 2.44. The van der Waals surface area contributed by atoms with Gasteiger partial charge in [0.15, 0.2) is 0 Å². The Morgan fingerprint density at radius 3 is 2.38 bits per heavy atom. The zero-order valence-corrected chi connectivity index (χ0v) is 11.1. The smallest absolute Gasteiger partial charge is 0.408 e. The Morgan fingerprint density at radius 1 is 1.29 bits per heavy atom. The number of benzene rings is 1. The molecule has 0 bridgehead atoms. The van der Waals surface area contributed by atoms with Crippen LogP contribution >= 0.6 is 0 Å². The van der Waals surface area contributed by atoms with Gasteiger partial charge in [0.1, 0.15) is 12.1 Å². The molecule has 0 spiro atoms. The van der Waals surface area contributed by atoms with Gasteiger partial charge < -0.3 is 15.2 Å². The SMILES string of the molecule is O=C(NC1(C(F)(F)C(=O)O)CCC1)OCc1ccccc1. The first kappa shape index (κ1) is 15.2. The minimum absolute atomic E-state index is 0.0681. The zero-order valence-electron chi connectivity index (χ0n) is 11.1. The van der Waals surface area contributed by atoms with Crippen molar-refractivity contribution in [1.82, 2.24) is 5.32 Å². The minimum atomic E-state index is -4.02. The van der Waals surface area contributed by atoms with Crippen LogP contribution in [0.4, 0.5) is 13.6 Å². The number of carboxylic acid groups (broad SMARTS) is 1. The Balaban J connectivity index is 1.96. The average Bonchev–Trinajstić information content (AvgIpc) is 2.41. The van der Waals surface area contributed by atoms with Crippen molar-refractivity contribution >= 4 is 12.1 Å². The summed E-state index contributed by atoms with van der Waals surface area (Å²) in [4.78, 5) is 22.3. The highest BCUT2D eigenvalue weighted by atomic mass is 19.3. The van der Waals surface area contributed by atoms with Crippen molar-refractivity contribution in [3.05, 3.63) is 35.9 Å². The number of rotatable bonds is 5. The summed E-state index contributed by atoms with van der Waals surface area (Å²) >= 11 is 0. The lowest BCUT2D eigenvalue weighted by Crippen LogP contribution is -2.67. The molecule has 0 aliphatic heterocycles. The van der Waals surface area contributed by atoms with Gasteiger partial charge in [-0.15, -0.1) is 0 Å². The number of amides is 1. The number of halogens is 2. The molecule has 0 radical (unpaired) electrons. The van der Waals surface area contributed by atoms with Gasteiger partial charge in [0.2, 0.25) is 0 Å². The first-order valence-electron chi connectivity index (χ1n) is 6.47. The standard InChI is InChI=1S/C14H15F2NO4/c15-14(16,11(18)19)13(7-4-8-13)17-12(20)21-9-10-5-2-1-3-6-10/h1-3,5-6H,4,7-9H2,(H,17,20)(H,18,19). The monoisotopic (exact) mass is 299 g/mol. The van der Waals surface area contributed by atoms with Crippen molar-refractivity contribution in [3.63, 3.8) is 0 Å². The van der Waals surface area contributed by atoms with E-state index in [0.717, 1.165) is 0 Å². The van der Waals surface area contributed by atoms with Crippen molar-refractivity contribution < 1.29 is 28.2 Å². The van der Waals surface area contributed by atoms with Crippen LogP contribution in [0.2, 0.25) is 0 Å². The second-order valence-electron chi connectivity index (χ2n) is 5.00. The fourth-order valence-electron chi connectivity index (χ4n) is 2.21. The third kappa shape index (κ3) is 2.96. The quantitative estimate of drug-likeness (QED) is 0.876.